The summed E-state index contributed by atoms with van der Waals surface area (Å²) in [6.45, 7) is 2.94. The van der Waals surface area contributed by atoms with Crippen molar-refractivity contribution < 1.29 is 4.42 Å². The molecule has 0 saturated heterocycles. The largest absolute Gasteiger partial charge is 0.448 e. The maximum atomic E-state index is 5.34. The first-order valence-electron chi connectivity index (χ1n) is 4.12. The Bertz CT molecular complexity index is 383. The summed E-state index contributed by atoms with van der Waals surface area (Å²) in [5.41, 5.74) is 0. The molecule has 3 heteroatoms. The van der Waals surface area contributed by atoms with Gasteiger partial charge in [-0.2, -0.15) is 0 Å². The molecule has 0 aliphatic heterocycles. The highest BCUT2D eigenvalue weighted by molar-refractivity contribution is 5.91. The number of halogens is 1. The number of furan rings is 1. The van der Waals surface area contributed by atoms with Crippen LogP contribution >= 0.6 is 12.4 Å². The van der Waals surface area contributed by atoms with Gasteiger partial charge in [0.1, 0.15) is 6.26 Å². The van der Waals surface area contributed by atoms with Gasteiger partial charge in [-0.1, -0.05) is 18.2 Å². The van der Waals surface area contributed by atoms with Gasteiger partial charge >= 0.3 is 0 Å². The molecule has 2 rings (SSSR count). The van der Waals surface area contributed by atoms with Crippen LogP contribution in [0, 0.1) is 0 Å². The van der Waals surface area contributed by atoms with Crippen molar-refractivity contribution >= 4 is 29.1 Å². The zero-order valence-electron chi connectivity index (χ0n) is 7.41. The van der Waals surface area contributed by atoms with Gasteiger partial charge in [0, 0.05) is 17.3 Å². The molecule has 0 radical (unpaired) electrons. The molecule has 0 spiro atoms. The van der Waals surface area contributed by atoms with Crippen LogP contribution in [-0.2, 0) is 0 Å². The summed E-state index contributed by atoms with van der Waals surface area (Å²) in [4.78, 5) is 0. The Balaban J connectivity index is 0.000000845. The van der Waals surface area contributed by atoms with E-state index in [0.717, 1.165) is 23.2 Å². The monoisotopic (exact) mass is 197 g/mol. The minimum Gasteiger partial charge on any atom is -0.448 e. The zero-order valence-corrected chi connectivity index (χ0v) is 8.23. The predicted octanol–water partition coefficient (Wildman–Crippen LogP) is 3.29. The van der Waals surface area contributed by atoms with Crippen LogP contribution in [-0.4, -0.2) is 6.54 Å². The van der Waals surface area contributed by atoms with Crippen molar-refractivity contribution in [2.45, 2.75) is 6.92 Å². The van der Waals surface area contributed by atoms with E-state index >= 15 is 0 Å². The number of hydrogen-bond donors (Lipinski definition) is 1. The van der Waals surface area contributed by atoms with Gasteiger partial charge in [0.15, 0.2) is 0 Å². The van der Waals surface area contributed by atoms with Gasteiger partial charge < -0.3 is 9.73 Å². The lowest BCUT2D eigenvalue weighted by molar-refractivity contribution is 0.585. The average molecular weight is 198 g/mol. The van der Waals surface area contributed by atoms with Crippen LogP contribution in [0.25, 0.3) is 10.8 Å². The second-order valence-corrected chi connectivity index (χ2v) is 2.68. The molecular formula is C10H12ClNO. The quantitative estimate of drug-likeness (QED) is 0.800. The van der Waals surface area contributed by atoms with E-state index in [-0.39, 0.29) is 12.4 Å². The number of nitrogens with one attached hydrogen (secondary N) is 1. The Kier molecular flexibility index (Phi) is 3.20. The topological polar surface area (TPSA) is 25.2 Å². The first-order chi connectivity index (χ1) is 5.92. The van der Waals surface area contributed by atoms with E-state index in [2.05, 4.69) is 18.3 Å². The third-order valence-corrected chi connectivity index (χ3v) is 1.85. The molecule has 1 N–H and O–H groups in total. The highest BCUT2D eigenvalue weighted by Crippen LogP contribution is 2.24. The lowest BCUT2D eigenvalue weighted by Gasteiger charge is -1.96. The van der Waals surface area contributed by atoms with Gasteiger partial charge in [0.05, 0.1) is 0 Å². The molecule has 0 aliphatic rings. The van der Waals surface area contributed by atoms with E-state index in [9.17, 15) is 0 Å². The minimum atomic E-state index is 0. The second kappa shape index (κ2) is 4.19. The maximum Gasteiger partial charge on any atom is 0.200 e. The van der Waals surface area contributed by atoms with Crippen molar-refractivity contribution in [1.29, 1.82) is 0 Å². The van der Waals surface area contributed by atoms with Crippen LogP contribution in [0.15, 0.2) is 34.9 Å². The van der Waals surface area contributed by atoms with Gasteiger partial charge in [-0.25, -0.2) is 0 Å². The smallest absolute Gasteiger partial charge is 0.200 e. The summed E-state index contributed by atoms with van der Waals surface area (Å²) >= 11 is 0. The van der Waals surface area contributed by atoms with Gasteiger partial charge in [-0.15, -0.1) is 12.4 Å². The summed E-state index contributed by atoms with van der Waals surface area (Å²) in [6.07, 6.45) is 1.77. The molecule has 13 heavy (non-hydrogen) atoms. The molecule has 0 aliphatic carbocycles. The third-order valence-electron chi connectivity index (χ3n) is 1.85. The predicted molar refractivity (Wildman–Crippen MR) is 57.6 cm³/mol. The van der Waals surface area contributed by atoms with E-state index in [1.165, 1.54) is 0 Å². The standard InChI is InChI=1S/C10H11NO.ClH/c1-2-11-10-9-6-4-3-5-8(9)7-12-10;/h3-7,11H,2H2,1H3;1H. The Labute approximate surface area is 83.3 Å². The van der Waals surface area contributed by atoms with Crippen molar-refractivity contribution in [3.8, 4) is 0 Å². The van der Waals surface area contributed by atoms with Crippen molar-refractivity contribution in [1.82, 2.24) is 0 Å². The Morgan fingerprint density at radius 3 is 2.85 bits per heavy atom. The molecule has 1 aromatic carbocycles. The fourth-order valence-electron chi connectivity index (χ4n) is 1.29. The van der Waals surface area contributed by atoms with Crippen LogP contribution in [0.1, 0.15) is 6.92 Å². The van der Waals surface area contributed by atoms with E-state index in [1.807, 2.05) is 18.2 Å². The van der Waals surface area contributed by atoms with Gasteiger partial charge in [-0.3, -0.25) is 0 Å². The minimum absolute atomic E-state index is 0. The van der Waals surface area contributed by atoms with Crippen molar-refractivity contribution in [3.05, 3.63) is 30.5 Å². The molecule has 0 saturated carbocycles. The van der Waals surface area contributed by atoms with Crippen molar-refractivity contribution in [3.63, 3.8) is 0 Å². The molecular weight excluding hydrogens is 186 g/mol. The normalized spacial score (nSPS) is 9.62. The average Bonchev–Trinajstić information content (AvgIpc) is 2.50. The molecule has 0 amide bonds. The van der Waals surface area contributed by atoms with Crippen molar-refractivity contribution in [2.75, 3.05) is 11.9 Å². The number of rotatable bonds is 2. The van der Waals surface area contributed by atoms with E-state index in [4.69, 9.17) is 4.42 Å². The molecule has 1 heterocycles. The Morgan fingerprint density at radius 1 is 1.31 bits per heavy atom. The summed E-state index contributed by atoms with van der Waals surface area (Å²) < 4.78 is 5.34. The third kappa shape index (κ3) is 1.78. The summed E-state index contributed by atoms with van der Waals surface area (Å²) in [5.74, 6) is 0.869. The summed E-state index contributed by atoms with van der Waals surface area (Å²) in [6, 6.07) is 8.11. The molecule has 0 unspecified atom stereocenters. The molecule has 0 fully saturated rings. The van der Waals surface area contributed by atoms with Crippen LogP contribution < -0.4 is 5.32 Å². The molecule has 0 bridgehead atoms. The van der Waals surface area contributed by atoms with Gasteiger partial charge in [0.25, 0.3) is 0 Å². The fourth-order valence-corrected chi connectivity index (χ4v) is 1.29. The Morgan fingerprint density at radius 2 is 2.08 bits per heavy atom. The lowest BCUT2D eigenvalue weighted by atomic mass is 10.2. The molecule has 1 aromatic heterocycles. The van der Waals surface area contributed by atoms with E-state index in [0.29, 0.717) is 0 Å². The SMILES string of the molecule is CCNc1occ2ccccc12.Cl. The van der Waals surface area contributed by atoms with Gasteiger partial charge in [-0.05, 0) is 13.0 Å². The van der Waals surface area contributed by atoms with E-state index < -0.39 is 0 Å². The molecule has 2 aromatic rings. The highest BCUT2D eigenvalue weighted by atomic mass is 35.5. The molecule has 0 atom stereocenters. The number of benzene rings is 1. The fraction of sp³-hybridized carbons (Fsp3) is 0.200. The Hall–Kier alpha value is -1.15. The molecule has 70 valence electrons. The maximum absolute atomic E-state index is 5.34. The summed E-state index contributed by atoms with van der Waals surface area (Å²) in [5, 5.41) is 5.46. The molecule has 2 nitrogen and oxygen atoms in total. The summed E-state index contributed by atoms with van der Waals surface area (Å²) in [7, 11) is 0. The van der Waals surface area contributed by atoms with Crippen LogP contribution in [0.4, 0.5) is 5.88 Å². The zero-order chi connectivity index (χ0) is 8.39. The first-order valence-corrected chi connectivity index (χ1v) is 4.12. The lowest BCUT2D eigenvalue weighted by Crippen LogP contribution is -1.94. The number of fused-ring (bicyclic) bond motifs is 1. The van der Waals surface area contributed by atoms with Gasteiger partial charge in [0.2, 0.25) is 5.88 Å². The van der Waals surface area contributed by atoms with E-state index in [1.54, 1.807) is 6.26 Å². The number of hydrogen-bond acceptors (Lipinski definition) is 2. The van der Waals surface area contributed by atoms with Crippen LogP contribution in [0.3, 0.4) is 0 Å². The number of anilines is 1. The second-order valence-electron chi connectivity index (χ2n) is 2.68. The van der Waals surface area contributed by atoms with Crippen LogP contribution in [0.5, 0.6) is 0 Å². The van der Waals surface area contributed by atoms with Crippen LogP contribution in [0.2, 0.25) is 0 Å². The van der Waals surface area contributed by atoms with Crippen molar-refractivity contribution in [2.24, 2.45) is 0 Å². The first kappa shape index (κ1) is 9.93. The highest BCUT2D eigenvalue weighted by Gasteiger charge is 2.01.